The van der Waals surface area contributed by atoms with Crippen LogP contribution in [0.15, 0.2) is 48.5 Å². The van der Waals surface area contributed by atoms with Crippen LogP contribution in [0.1, 0.15) is 58.2 Å². The second kappa shape index (κ2) is 10.0. The van der Waals surface area contributed by atoms with Gasteiger partial charge in [0.05, 0.1) is 24.5 Å². The Bertz CT molecular complexity index is 1070. The lowest BCUT2D eigenvalue weighted by Crippen LogP contribution is -2.12. The maximum absolute atomic E-state index is 12.3. The Morgan fingerprint density at radius 1 is 1.06 bits per heavy atom. The average Bonchev–Trinajstić information content (AvgIpc) is 3.12. The van der Waals surface area contributed by atoms with Gasteiger partial charge in [-0.15, -0.1) is 0 Å². The number of hydrogen-bond acceptors (Lipinski definition) is 5. The number of hydrogen-bond donors (Lipinski definition) is 2. The van der Waals surface area contributed by atoms with Crippen molar-refractivity contribution >= 4 is 11.9 Å². The van der Waals surface area contributed by atoms with Crippen LogP contribution in [0.25, 0.3) is 11.1 Å². The molecule has 0 saturated carbocycles. The first kappa shape index (κ1) is 22.2. The lowest BCUT2D eigenvalue weighted by atomic mass is 9.99. The zero-order chi connectivity index (χ0) is 22.4. The zero-order valence-corrected chi connectivity index (χ0v) is 17.7. The summed E-state index contributed by atoms with van der Waals surface area (Å²) in [6, 6.07) is 14.4. The van der Waals surface area contributed by atoms with E-state index in [0.29, 0.717) is 24.2 Å². The molecule has 2 N–H and O–H groups in total. The van der Waals surface area contributed by atoms with Crippen LogP contribution >= 0.6 is 0 Å². The molecule has 0 fully saturated rings. The van der Waals surface area contributed by atoms with Crippen LogP contribution < -0.4 is 0 Å². The van der Waals surface area contributed by atoms with Gasteiger partial charge in [0.15, 0.2) is 5.69 Å². The molecule has 0 spiro atoms. The maximum atomic E-state index is 12.3. The third-order valence-corrected chi connectivity index (χ3v) is 5.01. The standard InChI is InChI=1S/C24H26N2O5/c1-3-7-21-25-22(24(30)31-4-2)20(15-27)26(21)14-16-10-12-17(13-11-16)18-8-5-6-9-19(18)23(28)29/h5-6,8-13,27H,3-4,7,14-15H2,1-2H3,(H,28,29). The van der Waals surface area contributed by atoms with Gasteiger partial charge in [-0.2, -0.15) is 0 Å². The first-order valence-electron chi connectivity index (χ1n) is 10.3. The summed E-state index contributed by atoms with van der Waals surface area (Å²) in [5, 5.41) is 19.4. The monoisotopic (exact) mass is 422 g/mol. The number of aliphatic hydroxyl groups excluding tert-OH is 1. The predicted molar refractivity (Wildman–Crippen MR) is 116 cm³/mol. The van der Waals surface area contributed by atoms with E-state index < -0.39 is 11.9 Å². The number of carbonyl (C=O) groups excluding carboxylic acids is 1. The molecule has 7 heteroatoms. The minimum Gasteiger partial charge on any atom is -0.478 e. The minimum absolute atomic E-state index is 0.153. The summed E-state index contributed by atoms with van der Waals surface area (Å²) >= 11 is 0. The number of nitrogens with zero attached hydrogens (tertiary/aromatic N) is 2. The van der Waals surface area contributed by atoms with Crippen molar-refractivity contribution in [1.29, 1.82) is 0 Å². The van der Waals surface area contributed by atoms with Crippen molar-refractivity contribution in [3.8, 4) is 11.1 Å². The van der Waals surface area contributed by atoms with E-state index in [1.165, 1.54) is 0 Å². The lowest BCUT2D eigenvalue weighted by molar-refractivity contribution is 0.0515. The topological polar surface area (TPSA) is 102 Å². The van der Waals surface area contributed by atoms with Crippen LogP contribution in [-0.2, 0) is 24.3 Å². The Labute approximate surface area is 180 Å². The van der Waals surface area contributed by atoms with Gasteiger partial charge in [-0.3, -0.25) is 0 Å². The number of benzene rings is 2. The second-order valence-corrected chi connectivity index (χ2v) is 7.09. The van der Waals surface area contributed by atoms with Crippen molar-refractivity contribution in [2.75, 3.05) is 6.61 Å². The Balaban J connectivity index is 1.94. The molecular weight excluding hydrogens is 396 g/mol. The van der Waals surface area contributed by atoms with E-state index in [9.17, 15) is 19.8 Å². The number of carboxylic acid groups (broad SMARTS) is 1. The molecule has 0 aliphatic rings. The molecule has 7 nitrogen and oxygen atoms in total. The molecule has 0 atom stereocenters. The number of aryl methyl sites for hydroxylation is 1. The fraction of sp³-hybridized carbons (Fsp3) is 0.292. The van der Waals surface area contributed by atoms with Gasteiger partial charge in [-0.05, 0) is 36.1 Å². The number of carboxylic acids is 1. The van der Waals surface area contributed by atoms with Crippen molar-refractivity contribution in [3.05, 3.63) is 76.9 Å². The molecule has 0 saturated heterocycles. The van der Waals surface area contributed by atoms with E-state index in [4.69, 9.17) is 4.74 Å². The fourth-order valence-corrected chi connectivity index (χ4v) is 3.56. The smallest absolute Gasteiger partial charge is 0.358 e. The molecule has 0 aliphatic heterocycles. The molecular formula is C24H26N2O5. The van der Waals surface area contributed by atoms with E-state index in [-0.39, 0.29) is 24.5 Å². The first-order valence-corrected chi connectivity index (χ1v) is 10.3. The van der Waals surface area contributed by atoms with Crippen molar-refractivity contribution < 1.29 is 24.5 Å². The van der Waals surface area contributed by atoms with Crippen molar-refractivity contribution in [2.45, 2.75) is 39.8 Å². The molecule has 0 aliphatic carbocycles. The van der Waals surface area contributed by atoms with Gasteiger partial charge < -0.3 is 19.5 Å². The van der Waals surface area contributed by atoms with Gasteiger partial charge in [-0.1, -0.05) is 49.4 Å². The van der Waals surface area contributed by atoms with E-state index in [1.807, 2.05) is 41.8 Å². The Morgan fingerprint density at radius 3 is 2.39 bits per heavy atom. The molecule has 162 valence electrons. The van der Waals surface area contributed by atoms with Crippen molar-refractivity contribution in [3.63, 3.8) is 0 Å². The van der Waals surface area contributed by atoms with Crippen LogP contribution in [0.2, 0.25) is 0 Å². The Morgan fingerprint density at radius 2 is 1.77 bits per heavy atom. The number of aromatic carboxylic acids is 1. The third kappa shape index (κ3) is 4.83. The number of carbonyl (C=O) groups is 2. The van der Waals surface area contributed by atoms with Gasteiger partial charge in [-0.25, -0.2) is 14.6 Å². The molecule has 0 bridgehead atoms. The van der Waals surface area contributed by atoms with Gasteiger partial charge in [0.25, 0.3) is 0 Å². The molecule has 2 aromatic carbocycles. The number of aliphatic hydroxyl groups is 1. The fourth-order valence-electron chi connectivity index (χ4n) is 3.56. The lowest BCUT2D eigenvalue weighted by Gasteiger charge is -2.12. The summed E-state index contributed by atoms with van der Waals surface area (Å²) in [4.78, 5) is 28.2. The van der Waals surface area contributed by atoms with Crippen LogP contribution in [0.3, 0.4) is 0 Å². The largest absolute Gasteiger partial charge is 0.478 e. The summed E-state index contributed by atoms with van der Waals surface area (Å²) in [5.74, 6) is -0.792. The van der Waals surface area contributed by atoms with Crippen molar-refractivity contribution in [2.24, 2.45) is 0 Å². The van der Waals surface area contributed by atoms with Gasteiger partial charge >= 0.3 is 11.9 Å². The van der Waals surface area contributed by atoms with Crippen LogP contribution in [0.5, 0.6) is 0 Å². The molecule has 31 heavy (non-hydrogen) atoms. The number of aromatic nitrogens is 2. The maximum Gasteiger partial charge on any atom is 0.358 e. The summed E-state index contributed by atoms with van der Waals surface area (Å²) in [6.45, 7) is 4.09. The molecule has 0 amide bonds. The predicted octanol–water partition coefficient (Wildman–Crippen LogP) is 3.92. The molecule has 3 aromatic rings. The number of esters is 1. The highest BCUT2D eigenvalue weighted by Gasteiger charge is 2.22. The van der Waals surface area contributed by atoms with E-state index >= 15 is 0 Å². The number of ether oxygens (including phenoxy) is 1. The zero-order valence-electron chi connectivity index (χ0n) is 17.7. The van der Waals surface area contributed by atoms with Crippen LogP contribution in [0.4, 0.5) is 0 Å². The molecule has 3 rings (SSSR count). The average molecular weight is 422 g/mol. The SMILES string of the molecule is CCCc1nc(C(=O)OCC)c(CO)n1Cc1ccc(-c2ccccc2C(=O)O)cc1. The Kier molecular flexibility index (Phi) is 7.20. The highest BCUT2D eigenvalue weighted by Crippen LogP contribution is 2.25. The Hall–Kier alpha value is -3.45. The first-order chi connectivity index (χ1) is 15.0. The van der Waals surface area contributed by atoms with E-state index in [2.05, 4.69) is 4.98 Å². The molecule has 1 aromatic heterocycles. The van der Waals surface area contributed by atoms with Crippen LogP contribution in [0, 0.1) is 0 Å². The minimum atomic E-state index is -0.971. The highest BCUT2D eigenvalue weighted by molar-refractivity contribution is 5.96. The normalized spacial score (nSPS) is 10.8. The summed E-state index contributed by atoms with van der Waals surface area (Å²) in [5.41, 5.74) is 3.22. The molecule has 0 unspecified atom stereocenters. The number of rotatable bonds is 9. The molecule has 1 heterocycles. The second-order valence-electron chi connectivity index (χ2n) is 7.09. The van der Waals surface area contributed by atoms with E-state index in [0.717, 1.165) is 23.4 Å². The molecule has 0 radical (unpaired) electrons. The highest BCUT2D eigenvalue weighted by atomic mass is 16.5. The number of imidazole rings is 1. The summed E-state index contributed by atoms with van der Waals surface area (Å²) < 4.78 is 6.95. The van der Waals surface area contributed by atoms with E-state index in [1.54, 1.807) is 25.1 Å². The third-order valence-electron chi connectivity index (χ3n) is 5.01. The van der Waals surface area contributed by atoms with Gasteiger partial charge in [0.1, 0.15) is 5.82 Å². The summed E-state index contributed by atoms with van der Waals surface area (Å²) in [7, 11) is 0. The van der Waals surface area contributed by atoms with Crippen molar-refractivity contribution in [1.82, 2.24) is 9.55 Å². The quantitative estimate of drug-likeness (QED) is 0.507. The van der Waals surface area contributed by atoms with Gasteiger partial charge in [0, 0.05) is 13.0 Å². The summed E-state index contributed by atoms with van der Waals surface area (Å²) in [6.07, 6.45) is 1.51. The van der Waals surface area contributed by atoms with Crippen LogP contribution in [-0.4, -0.2) is 38.3 Å². The van der Waals surface area contributed by atoms with Gasteiger partial charge in [0.2, 0.25) is 0 Å².